The topological polar surface area (TPSA) is 62.6 Å². The van der Waals surface area contributed by atoms with Crippen molar-refractivity contribution in [1.29, 1.82) is 0 Å². The maximum atomic E-state index is 12.0. The molecule has 0 aromatic carbocycles. The lowest BCUT2D eigenvalue weighted by Gasteiger charge is -2.14. The van der Waals surface area contributed by atoms with Gasteiger partial charge in [0.1, 0.15) is 0 Å². The highest BCUT2D eigenvalue weighted by atomic mass is 35.5. The van der Waals surface area contributed by atoms with E-state index >= 15 is 0 Å². The molecule has 1 atom stereocenters. The van der Waals surface area contributed by atoms with Gasteiger partial charge in [0.25, 0.3) is 10.0 Å². The van der Waals surface area contributed by atoms with E-state index in [0.717, 1.165) is 6.42 Å². The molecule has 0 saturated carbocycles. The van der Waals surface area contributed by atoms with Gasteiger partial charge in [-0.2, -0.15) is 4.31 Å². The summed E-state index contributed by atoms with van der Waals surface area (Å²) in [5.41, 5.74) is 0. The van der Waals surface area contributed by atoms with Gasteiger partial charge >= 0.3 is 0 Å². The Morgan fingerprint density at radius 1 is 1.56 bits per heavy atom. The van der Waals surface area contributed by atoms with Crippen molar-refractivity contribution >= 4 is 22.4 Å². The lowest BCUT2D eigenvalue weighted by Crippen LogP contribution is -2.33. The van der Waals surface area contributed by atoms with Gasteiger partial charge < -0.3 is 9.73 Å². The molecule has 5 nitrogen and oxygen atoms in total. The molecule has 1 aromatic rings. The second-order valence-electron chi connectivity index (χ2n) is 3.57. The van der Waals surface area contributed by atoms with Crippen LogP contribution >= 0.6 is 12.4 Å². The van der Waals surface area contributed by atoms with Crippen molar-refractivity contribution in [3.63, 3.8) is 0 Å². The zero-order valence-corrected chi connectivity index (χ0v) is 10.6. The molecular formula is C9H15ClN2O3S. The summed E-state index contributed by atoms with van der Waals surface area (Å²) in [4.78, 5) is 0. The number of halogens is 1. The molecule has 7 heteroatoms. The first-order chi connectivity index (χ1) is 7.14. The summed E-state index contributed by atoms with van der Waals surface area (Å²) in [5, 5.41) is 3.10. The molecule has 1 aliphatic heterocycles. The van der Waals surface area contributed by atoms with Gasteiger partial charge in [0.2, 0.25) is 5.09 Å². The predicted octanol–water partition coefficient (Wildman–Crippen LogP) is 0.684. The van der Waals surface area contributed by atoms with Gasteiger partial charge in [-0.05, 0) is 25.6 Å². The van der Waals surface area contributed by atoms with E-state index < -0.39 is 10.0 Å². The quantitative estimate of drug-likeness (QED) is 0.874. The fraction of sp³-hybridized carbons (Fsp3) is 0.556. The Balaban J connectivity index is 0.00000128. The summed E-state index contributed by atoms with van der Waals surface area (Å²) in [6.45, 7) is 1.06. The maximum absolute atomic E-state index is 12.0. The summed E-state index contributed by atoms with van der Waals surface area (Å²) >= 11 is 0. The fourth-order valence-electron chi connectivity index (χ4n) is 1.72. The Hall–Kier alpha value is -0.560. The molecule has 2 heterocycles. The van der Waals surface area contributed by atoms with Crippen LogP contribution in [0.3, 0.4) is 0 Å². The van der Waals surface area contributed by atoms with E-state index in [1.54, 1.807) is 6.07 Å². The number of nitrogens with zero attached hydrogens (tertiary/aromatic N) is 1. The van der Waals surface area contributed by atoms with E-state index in [2.05, 4.69) is 5.32 Å². The number of hydrogen-bond acceptors (Lipinski definition) is 4. The molecule has 1 N–H and O–H groups in total. The van der Waals surface area contributed by atoms with Gasteiger partial charge in [-0.25, -0.2) is 8.42 Å². The summed E-state index contributed by atoms with van der Waals surface area (Å²) < 4.78 is 30.3. The van der Waals surface area contributed by atoms with Gasteiger partial charge in [0.15, 0.2) is 0 Å². The standard InChI is InChI=1S/C9H14N2O3S.ClH/c1-10-8-4-5-11(7-8)15(12,13)9-3-2-6-14-9;/h2-3,6,8,10H,4-5,7H2,1H3;1H. The summed E-state index contributed by atoms with van der Waals surface area (Å²) in [5.74, 6) is 0. The second-order valence-corrected chi connectivity index (χ2v) is 5.44. The highest BCUT2D eigenvalue weighted by Gasteiger charge is 2.33. The van der Waals surface area contributed by atoms with E-state index in [-0.39, 0.29) is 23.5 Å². The summed E-state index contributed by atoms with van der Waals surface area (Å²) in [6.07, 6.45) is 2.22. The molecular weight excluding hydrogens is 252 g/mol. The van der Waals surface area contributed by atoms with Gasteiger partial charge in [-0.15, -0.1) is 12.4 Å². The van der Waals surface area contributed by atoms with E-state index in [1.165, 1.54) is 16.6 Å². The molecule has 0 aliphatic carbocycles. The first kappa shape index (κ1) is 13.5. The van der Waals surface area contributed by atoms with Gasteiger partial charge in [-0.1, -0.05) is 0 Å². The van der Waals surface area contributed by atoms with Crippen LogP contribution in [0.15, 0.2) is 27.9 Å². The molecule has 0 radical (unpaired) electrons. The fourth-order valence-corrected chi connectivity index (χ4v) is 3.12. The minimum atomic E-state index is -3.41. The van der Waals surface area contributed by atoms with Crippen LogP contribution in [-0.2, 0) is 10.0 Å². The molecule has 1 aliphatic rings. The highest BCUT2D eigenvalue weighted by Crippen LogP contribution is 2.20. The summed E-state index contributed by atoms with van der Waals surface area (Å²) in [6, 6.07) is 3.30. The largest absolute Gasteiger partial charge is 0.452 e. The number of furan rings is 1. The zero-order chi connectivity index (χ0) is 10.9. The lowest BCUT2D eigenvalue weighted by molar-refractivity contribution is 0.407. The molecule has 0 amide bonds. The molecule has 2 rings (SSSR count). The van der Waals surface area contributed by atoms with Crippen LogP contribution < -0.4 is 5.32 Å². The lowest BCUT2D eigenvalue weighted by atomic mass is 10.3. The van der Waals surface area contributed by atoms with Crippen molar-refractivity contribution in [2.24, 2.45) is 0 Å². The van der Waals surface area contributed by atoms with Crippen molar-refractivity contribution in [3.05, 3.63) is 18.4 Å². The molecule has 16 heavy (non-hydrogen) atoms. The predicted molar refractivity (Wildman–Crippen MR) is 62.2 cm³/mol. The van der Waals surface area contributed by atoms with Crippen molar-refractivity contribution in [2.45, 2.75) is 17.6 Å². The minimum Gasteiger partial charge on any atom is -0.452 e. The van der Waals surface area contributed by atoms with Crippen LogP contribution in [-0.4, -0.2) is 38.9 Å². The number of likely N-dealkylation sites (N-methyl/N-ethyl adjacent to an activating group) is 1. The average molecular weight is 267 g/mol. The van der Waals surface area contributed by atoms with Crippen LogP contribution in [0.5, 0.6) is 0 Å². The van der Waals surface area contributed by atoms with Crippen LogP contribution in [0, 0.1) is 0 Å². The smallest absolute Gasteiger partial charge is 0.276 e. The van der Waals surface area contributed by atoms with Crippen LogP contribution in [0.4, 0.5) is 0 Å². The minimum absolute atomic E-state index is 0. The van der Waals surface area contributed by atoms with E-state index in [4.69, 9.17) is 4.42 Å². The van der Waals surface area contributed by atoms with Gasteiger partial charge in [0, 0.05) is 19.1 Å². The number of nitrogens with one attached hydrogen (secondary N) is 1. The Bertz CT molecular complexity index is 418. The van der Waals surface area contributed by atoms with Crippen LogP contribution in [0.1, 0.15) is 6.42 Å². The molecule has 1 fully saturated rings. The van der Waals surface area contributed by atoms with E-state index in [0.29, 0.717) is 13.1 Å². The monoisotopic (exact) mass is 266 g/mol. The van der Waals surface area contributed by atoms with E-state index in [1.807, 2.05) is 7.05 Å². The molecule has 1 unspecified atom stereocenters. The van der Waals surface area contributed by atoms with Crippen molar-refractivity contribution in [2.75, 3.05) is 20.1 Å². The van der Waals surface area contributed by atoms with Gasteiger partial charge in [-0.3, -0.25) is 0 Å². The second kappa shape index (κ2) is 5.18. The first-order valence-corrected chi connectivity index (χ1v) is 6.29. The third kappa shape index (κ3) is 2.40. The average Bonchev–Trinajstić information content (AvgIpc) is 2.89. The zero-order valence-electron chi connectivity index (χ0n) is 8.92. The Labute approximate surface area is 101 Å². The molecule has 0 bridgehead atoms. The van der Waals surface area contributed by atoms with Crippen molar-refractivity contribution < 1.29 is 12.8 Å². The van der Waals surface area contributed by atoms with Crippen molar-refractivity contribution in [3.8, 4) is 0 Å². The molecule has 1 saturated heterocycles. The third-order valence-electron chi connectivity index (χ3n) is 2.65. The molecule has 0 spiro atoms. The van der Waals surface area contributed by atoms with Crippen LogP contribution in [0.2, 0.25) is 0 Å². The van der Waals surface area contributed by atoms with E-state index in [9.17, 15) is 8.42 Å². The first-order valence-electron chi connectivity index (χ1n) is 4.85. The number of rotatable bonds is 3. The van der Waals surface area contributed by atoms with Crippen molar-refractivity contribution in [1.82, 2.24) is 9.62 Å². The SMILES string of the molecule is CNC1CCN(S(=O)(=O)c2ccco2)C1.Cl. The Kier molecular flexibility index (Phi) is 4.37. The Morgan fingerprint density at radius 2 is 2.31 bits per heavy atom. The number of hydrogen-bond donors (Lipinski definition) is 1. The summed E-state index contributed by atoms with van der Waals surface area (Å²) in [7, 11) is -1.57. The maximum Gasteiger partial charge on any atom is 0.276 e. The molecule has 92 valence electrons. The highest BCUT2D eigenvalue weighted by molar-refractivity contribution is 7.89. The number of sulfonamides is 1. The Morgan fingerprint density at radius 3 is 2.81 bits per heavy atom. The van der Waals surface area contributed by atoms with Gasteiger partial charge in [0.05, 0.1) is 6.26 Å². The normalized spacial score (nSPS) is 21.9. The van der Waals surface area contributed by atoms with Crippen LogP contribution in [0.25, 0.3) is 0 Å². The third-order valence-corrected chi connectivity index (χ3v) is 4.40. The molecule has 1 aromatic heterocycles.